The van der Waals surface area contributed by atoms with Crippen LogP contribution in [0.4, 0.5) is 0 Å². The van der Waals surface area contributed by atoms with Crippen LogP contribution in [0.5, 0.6) is 0 Å². The number of aromatic nitrogens is 1. The minimum Gasteiger partial charge on any atom is -0.345 e. The second kappa shape index (κ2) is 8.25. The number of hydrogen-bond acceptors (Lipinski definition) is 4. The zero-order chi connectivity index (χ0) is 19.4. The highest BCUT2D eigenvalue weighted by Crippen LogP contribution is 2.45. The average Bonchev–Trinajstić information content (AvgIpc) is 3.42. The van der Waals surface area contributed by atoms with Crippen LogP contribution < -0.4 is 20.7 Å². The molecule has 1 saturated carbocycles. The van der Waals surface area contributed by atoms with E-state index in [2.05, 4.69) is 16.0 Å². The minimum absolute atomic E-state index is 0.0896. The molecule has 7 nitrogen and oxygen atoms in total. The van der Waals surface area contributed by atoms with E-state index in [1.807, 2.05) is 19.9 Å². The fraction of sp³-hybridized carbons (Fsp3) is 0.650. The molecule has 2 amide bonds. The normalized spacial score (nSPS) is 22.1. The van der Waals surface area contributed by atoms with Crippen LogP contribution in [0.15, 0.2) is 24.5 Å². The fourth-order valence-corrected chi connectivity index (χ4v) is 3.73. The summed E-state index contributed by atoms with van der Waals surface area (Å²) in [6, 6.07) is 2.90. The number of amides is 2. The van der Waals surface area contributed by atoms with Crippen molar-refractivity contribution in [2.24, 2.45) is 5.92 Å². The Morgan fingerprint density at radius 1 is 1.37 bits per heavy atom. The lowest BCUT2D eigenvalue weighted by Gasteiger charge is -2.27. The van der Waals surface area contributed by atoms with Crippen molar-refractivity contribution in [1.82, 2.24) is 16.0 Å². The van der Waals surface area contributed by atoms with Gasteiger partial charge < -0.3 is 16.0 Å². The molecule has 0 spiro atoms. The summed E-state index contributed by atoms with van der Waals surface area (Å²) in [5, 5.41) is 19.0. The molecule has 3 rings (SSSR count). The lowest BCUT2D eigenvalue weighted by atomic mass is 9.99. The quantitative estimate of drug-likeness (QED) is 0.422. The Kier molecular flexibility index (Phi) is 5.99. The van der Waals surface area contributed by atoms with E-state index in [4.69, 9.17) is 0 Å². The first-order valence-corrected chi connectivity index (χ1v) is 9.96. The van der Waals surface area contributed by atoms with Crippen molar-refractivity contribution in [2.75, 3.05) is 6.54 Å². The van der Waals surface area contributed by atoms with Gasteiger partial charge in [0.25, 0.3) is 0 Å². The van der Waals surface area contributed by atoms with Crippen LogP contribution >= 0.6 is 0 Å². The molecule has 0 aromatic carbocycles. The van der Waals surface area contributed by atoms with Crippen molar-refractivity contribution in [3.63, 3.8) is 0 Å². The van der Waals surface area contributed by atoms with Gasteiger partial charge in [0.05, 0.1) is 11.6 Å². The molecule has 0 radical (unpaired) electrons. The minimum atomic E-state index is -0.552. The second-order valence-electron chi connectivity index (χ2n) is 8.24. The van der Waals surface area contributed by atoms with Crippen molar-refractivity contribution >= 4 is 11.8 Å². The molecule has 2 fully saturated rings. The molecule has 27 heavy (non-hydrogen) atoms. The van der Waals surface area contributed by atoms with E-state index < -0.39 is 11.6 Å². The Balaban J connectivity index is 1.67. The van der Waals surface area contributed by atoms with Gasteiger partial charge in [-0.25, -0.2) is 0 Å². The van der Waals surface area contributed by atoms with Crippen LogP contribution in [-0.2, 0) is 15.1 Å². The molecule has 1 aliphatic heterocycles. The molecule has 1 aliphatic carbocycles. The summed E-state index contributed by atoms with van der Waals surface area (Å²) in [6.07, 6.45) is 8.34. The van der Waals surface area contributed by atoms with Crippen molar-refractivity contribution in [2.45, 2.75) is 70.0 Å². The number of nitrogens with one attached hydrogen (secondary N) is 3. The van der Waals surface area contributed by atoms with Crippen LogP contribution in [0.25, 0.3) is 0 Å². The van der Waals surface area contributed by atoms with Gasteiger partial charge in [0, 0.05) is 16.4 Å². The lowest BCUT2D eigenvalue weighted by Crippen LogP contribution is -2.55. The van der Waals surface area contributed by atoms with Gasteiger partial charge in [0.1, 0.15) is 6.04 Å². The first-order chi connectivity index (χ1) is 12.9. The largest absolute Gasteiger partial charge is 0.345 e. The Morgan fingerprint density at radius 3 is 2.74 bits per heavy atom. The van der Waals surface area contributed by atoms with E-state index in [-0.39, 0.29) is 23.8 Å². The van der Waals surface area contributed by atoms with Gasteiger partial charge in [-0.3, -0.25) is 14.8 Å². The van der Waals surface area contributed by atoms with Gasteiger partial charge >= 0.3 is 0 Å². The lowest BCUT2D eigenvalue weighted by molar-refractivity contribution is -0.905. The standard InChI is InChI=1S/C20H30N4O3/c1-14(2)12-17(22-18(25)16-7-3-4-10-21-16)19(26)23-20(8-9-20)15-6-5-11-24(27)13-15/h5-6,11,13-14,16-17,21H,3-4,7-10,12H2,1-2H3,(H2-,22,23,25,26,27)/p+1/t16-,17-/m1/s1. The van der Waals surface area contributed by atoms with Crippen LogP contribution in [0.3, 0.4) is 0 Å². The first kappa shape index (κ1) is 19.6. The van der Waals surface area contributed by atoms with Gasteiger partial charge in [-0.15, -0.1) is 0 Å². The molecule has 2 atom stereocenters. The number of rotatable bonds is 7. The Morgan fingerprint density at radius 2 is 2.15 bits per heavy atom. The number of carbonyl (C=O) groups excluding carboxylic acids is 2. The maximum atomic E-state index is 13.0. The number of hydrogen-bond donors (Lipinski definition) is 4. The van der Waals surface area contributed by atoms with Gasteiger partial charge in [-0.05, 0) is 50.6 Å². The zero-order valence-electron chi connectivity index (χ0n) is 16.2. The van der Waals surface area contributed by atoms with E-state index in [0.717, 1.165) is 48.9 Å². The fourth-order valence-electron chi connectivity index (χ4n) is 3.73. The van der Waals surface area contributed by atoms with Gasteiger partial charge in [0.2, 0.25) is 24.2 Å². The van der Waals surface area contributed by atoms with E-state index in [0.29, 0.717) is 6.42 Å². The maximum absolute atomic E-state index is 13.0. The van der Waals surface area contributed by atoms with Crippen LogP contribution in [-0.4, -0.2) is 35.7 Å². The Labute approximate surface area is 160 Å². The van der Waals surface area contributed by atoms with E-state index in [1.165, 1.54) is 0 Å². The van der Waals surface area contributed by atoms with Crippen molar-refractivity contribution in [1.29, 1.82) is 0 Å². The Bertz CT molecular complexity index is 682. The summed E-state index contributed by atoms with van der Waals surface area (Å²) < 4.78 is 1.00. The van der Waals surface area contributed by atoms with Gasteiger partial charge in [-0.2, -0.15) is 0 Å². The van der Waals surface area contributed by atoms with E-state index >= 15 is 0 Å². The van der Waals surface area contributed by atoms with Gasteiger partial charge in [0.15, 0.2) is 0 Å². The third kappa shape index (κ3) is 4.97. The molecular weight excluding hydrogens is 344 g/mol. The van der Waals surface area contributed by atoms with Crippen molar-refractivity contribution in [3.8, 4) is 0 Å². The molecule has 1 saturated heterocycles. The molecule has 7 heteroatoms. The number of nitrogens with zero attached hydrogens (tertiary/aromatic N) is 1. The number of pyridine rings is 1. The van der Waals surface area contributed by atoms with Crippen LogP contribution in [0, 0.1) is 5.92 Å². The molecule has 2 aliphatic rings. The number of piperidine rings is 1. The second-order valence-corrected chi connectivity index (χ2v) is 8.24. The van der Waals surface area contributed by atoms with E-state index in [1.54, 1.807) is 18.5 Å². The SMILES string of the molecule is CC(C)C[C@@H](NC(=O)[C@H]1CCCCN1)C(=O)NC1(c2ccc[n+](O)c2)CC1. The first-order valence-electron chi connectivity index (χ1n) is 9.96. The van der Waals surface area contributed by atoms with Gasteiger partial charge in [-0.1, -0.05) is 20.3 Å². The molecule has 2 heterocycles. The highest BCUT2D eigenvalue weighted by atomic mass is 16.5. The highest BCUT2D eigenvalue weighted by molar-refractivity contribution is 5.90. The average molecular weight is 375 g/mol. The zero-order valence-corrected chi connectivity index (χ0v) is 16.2. The number of carbonyl (C=O) groups is 2. The summed E-state index contributed by atoms with van der Waals surface area (Å²) in [7, 11) is 0. The molecule has 1 aromatic rings. The predicted molar refractivity (Wildman–Crippen MR) is 99.9 cm³/mol. The third-order valence-corrected chi connectivity index (χ3v) is 5.42. The summed E-state index contributed by atoms with van der Waals surface area (Å²) >= 11 is 0. The van der Waals surface area contributed by atoms with Crippen LogP contribution in [0.1, 0.15) is 57.9 Å². The molecule has 0 bridgehead atoms. The maximum Gasteiger partial charge on any atom is 0.243 e. The van der Waals surface area contributed by atoms with Crippen LogP contribution in [0.2, 0.25) is 0 Å². The Hall–Kier alpha value is -2.15. The van der Waals surface area contributed by atoms with E-state index in [9.17, 15) is 14.8 Å². The molecular formula is C20H31N4O3+. The third-order valence-electron chi connectivity index (χ3n) is 5.42. The molecule has 0 unspecified atom stereocenters. The molecule has 1 aromatic heterocycles. The smallest absolute Gasteiger partial charge is 0.243 e. The molecule has 148 valence electrons. The summed E-state index contributed by atoms with van der Waals surface area (Å²) in [6.45, 7) is 4.94. The highest BCUT2D eigenvalue weighted by Gasteiger charge is 2.48. The molecule has 4 N–H and O–H groups in total. The summed E-state index contributed by atoms with van der Waals surface area (Å²) in [5.74, 6) is 0.0406. The summed E-state index contributed by atoms with van der Waals surface area (Å²) in [5.41, 5.74) is 0.440. The van der Waals surface area contributed by atoms with Crippen molar-refractivity contribution in [3.05, 3.63) is 30.1 Å². The summed E-state index contributed by atoms with van der Waals surface area (Å²) in [4.78, 5) is 25.6. The van der Waals surface area contributed by atoms with Crippen molar-refractivity contribution < 1.29 is 19.5 Å². The predicted octanol–water partition coefficient (Wildman–Crippen LogP) is 0.990. The monoisotopic (exact) mass is 375 g/mol. The topological polar surface area (TPSA) is 94.3 Å².